The van der Waals surface area contributed by atoms with Crippen LogP contribution in [0.3, 0.4) is 0 Å². The van der Waals surface area contributed by atoms with E-state index in [1.165, 1.54) is 34.3 Å². The van der Waals surface area contributed by atoms with Gasteiger partial charge in [0.15, 0.2) is 5.71 Å². The Kier molecular flexibility index (Phi) is 5.42. The van der Waals surface area contributed by atoms with Crippen molar-refractivity contribution in [2.45, 2.75) is 46.0 Å². The lowest BCUT2D eigenvalue weighted by Gasteiger charge is -2.14. The van der Waals surface area contributed by atoms with Gasteiger partial charge in [0, 0.05) is 29.4 Å². The number of nitrogens with zero attached hydrogens (tertiary/aromatic N) is 1. The lowest BCUT2D eigenvalue weighted by Crippen LogP contribution is -3.00. The van der Waals surface area contributed by atoms with E-state index in [1.54, 1.807) is 0 Å². The summed E-state index contributed by atoms with van der Waals surface area (Å²) < 4.78 is 3.67. The van der Waals surface area contributed by atoms with E-state index in [9.17, 15) is 0 Å². The molecule has 0 aromatic heterocycles. The molecule has 1 aromatic carbocycles. The normalized spacial score (nSPS) is 16.5. The molecule has 1 aliphatic heterocycles. The van der Waals surface area contributed by atoms with Crippen LogP contribution in [0, 0.1) is 0 Å². The third-order valence-corrected chi connectivity index (χ3v) is 4.46. The summed E-state index contributed by atoms with van der Waals surface area (Å²) >= 11 is 3.58. The van der Waals surface area contributed by atoms with Crippen molar-refractivity contribution < 1.29 is 28.6 Å². The molecule has 0 atom stereocenters. The molecule has 0 unspecified atom stereocenters. The molecule has 0 bridgehead atoms. The van der Waals surface area contributed by atoms with Crippen LogP contribution in [-0.2, 0) is 5.41 Å². The summed E-state index contributed by atoms with van der Waals surface area (Å²) in [6.07, 6.45) is 2.50. The highest BCUT2D eigenvalue weighted by molar-refractivity contribution is 9.10. The summed E-state index contributed by atoms with van der Waals surface area (Å²) in [5.74, 6) is 0. The molecule has 0 aliphatic carbocycles. The second kappa shape index (κ2) is 6.04. The van der Waals surface area contributed by atoms with Crippen molar-refractivity contribution in [1.29, 1.82) is 0 Å². The number of halogens is 2. The molecule has 0 saturated heterocycles. The highest BCUT2D eigenvalue weighted by atomic mass is 127. The summed E-state index contributed by atoms with van der Waals surface area (Å²) in [6, 6.07) is 6.66. The molecule has 0 N–H and O–H groups in total. The number of hydrogen-bond donors (Lipinski definition) is 0. The van der Waals surface area contributed by atoms with Gasteiger partial charge in [-0.3, -0.25) is 0 Å². The number of rotatable bonds is 3. The molecule has 1 aromatic rings. The molecule has 1 heterocycles. The Morgan fingerprint density at radius 3 is 2.56 bits per heavy atom. The van der Waals surface area contributed by atoms with E-state index >= 15 is 0 Å². The van der Waals surface area contributed by atoms with Gasteiger partial charge in [-0.2, -0.15) is 4.58 Å². The monoisotopic (exact) mass is 421 g/mol. The number of unbranched alkanes of at least 4 members (excludes halogenated alkanes) is 1. The quantitative estimate of drug-likeness (QED) is 0.515. The Labute approximate surface area is 136 Å². The minimum atomic E-state index is 0. The summed E-state index contributed by atoms with van der Waals surface area (Å²) in [5, 5.41) is 0. The third kappa shape index (κ3) is 2.67. The third-order valence-electron chi connectivity index (χ3n) is 3.97. The van der Waals surface area contributed by atoms with Gasteiger partial charge in [0.2, 0.25) is 5.69 Å². The van der Waals surface area contributed by atoms with E-state index in [4.69, 9.17) is 0 Å². The minimum absolute atomic E-state index is 0. The molecule has 1 aliphatic rings. The van der Waals surface area contributed by atoms with Crippen LogP contribution in [0.2, 0.25) is 0 Å². The van der Waals surface area contributed by atoms with Gasteiger partial charge in [-0.25, -0.2) is 0 Å². The maximum atomic E-state index is 3.58. The Bertz CT molecular complexity index is 477. The molecule has 18 heavy (non-hydrogen) atoms. The predicted octanol–water partition coefficient (Wildman–Crippen LogP) is 1.65. The molecule has 1 nitrogen and oxygen atoms in total. The summed E-state index contributed by atoms with van der Waals surface area (Å²) in [6.45, 7) is 10.3. The standard InChI is InChI=1S/C15H21BrN.HI/c1-5-6-9-17-11(2)15(3,4)13-10-12(16)7-8-14(13)17;/h7-8,10H,5-6,9H2,1-4H3;1H/q+1;/p-1. The molecule has 0 fully saturated rings. The second-order valence-electron chi connectivity index (χ2n) is 5.38. The summed E-state index contributed by atoms with van der Waals surface area (Å²) in [5.41, 5.74) is 4.47. The van der Waals surface area contributed by atoms with Crippen molar-refractivity contribution in [3.63, 3.8) is 0 Å². The first kappa shape index (κ1) is 16.2. The summed E-state index contributed by atoms with van der Waals surface area (Å²) in [4.78, 5) is 0. The largest absolute Gasteiger partial charge is 1.00 e. The summed E-state index contributed by atoms with van der Waals surface area (Å²) in [7, 11) is 0. The Morgan fingerprint density at radius 1 is 1.28 bits per heavy atom. The molecular formula is C15H21BrIN. The zero-order chi connectivity index (χ0) is 12.6. The first-order valence-corrected chi connectivity index (χ1v) is 7.19. The maximum Gasteiger partial charge on any atom is 0.209 e. The van der Waals surface area contributed by atoms with Gasteiger partial charge in [0.1, 0.15) is 6.54 Å². The van der Waals surface area contributed by atoms with Gasteiger partial charge < -0.3 is 24.0 Å². The van der Waals surface area contributed by atoms with E-state index in [0.29, 0.717) is 0 Å². The van der Waals surface area contributed by atoms with Crippen molar-refractivity contribution in [1.82, 2.24) is 0 Å². The van der Waals surface area contributed by atoms with Gasteiger partial charge in [-0.05, 0) is 26.0 Å². The topological polar surface area (TPSA) is 3.01 Å². The van der Waals surface area contributed by atoms with Crippen LogP contribution in [0.25, 0.3) is 0 Å². The average Bonchev–Trinajstić information content (AvgIpc) is 2.47. The second-order valence-corrected chi connectivity index (χ2v) is 6.29. The molecule has 0 amide bonds. The molecular weight excluding hydrogens is 401 g/mol. The van der Waals surface area contributed by atoms with Gasteiger partial charge in [-0.1, -0.05) is 29.3 Å². The lowest BCUT2D eigenvalue weighted by atomic mass is 9.82. The fourth-order valence-corrected chi connectivity index (χ4v) is 2.92. The zero-order valence-electron chi connectivity index (χ0n) is 11.6. The van der Waals surface area contributed by atoms with Crippen molar-refractivity contribution in [3.8, 4) is 0 Å². The smallest absolute Gasteiger partial charge is 0.209 e. The fraction of sp³-hybridized carbons (Fsp3) is 0.533. The maximum absolute atomic E-state index is 3.58. The van der Waals surface area contributed by atoms with Crippen LogP contribution in [0.4, 0.5) is 5.69 Å². The van der Waals surface area contributed by atoms with Gasteiger partial charge in [0.25, 0.3) is 0 Å². The SMILES string of the molecule is CCCC[N+]1=C(C)C(C)(C)c2cc(Br)ccc21.[I-]. The van der Waals surface area contributed by atoms with Crippen LogP contribution in [-0.4, -0.2) is 16.8 Å². The van der Waals surface area contributed by atoms with Crippen molar-refractivity contribution in [2.75, 3.05) is 6.54 Å². The highest BCUT2D eigenvalue weighted by Gasteiger charge is 2.42. The van der Waals surface area contributed by atoms with Crippen molar-refractivity contribution in [3.05, 3.63) is 28.2 Å². The van der Waals surface area contributed by atoms with Crippen LogP contribution in [0.15, 0.2) is 22.7 Å². The predicted molar refractivity (Wildman–Crippen MR) is 77.5 cm³/mol. The van der Waals surface area contributed by atoms with Crippen LogP contribution >= 0.6 is 15.9 Å². The van der Waals surface area contributed by atoms with E-state index in [-0.39, 0.29) is 29.4 Å². The van der Waals surface area contributed by atoms with Gasteiger partial charge in [0.05, 0.1) is 5.41 Å². The first-order chi connectivity index (χ1) is 7.98. The first-order valence-electron chi connectivity index (χ1n) is 6.40. The molecule has 2 rings (SSSR count). The number of fused-ring (bicyclic) bond motifs is 1. The number of hydrogen-bond acceptors (Lipinski definition) is 0. The zero-order valence-corrected chi connectivity index (χ0v) is 15.3. The van der Waals surface area contributed by atoms with Crippen molar-refractivity contribution in [2.24, 2.45) is 0 Å². The Balaban J connectivity index is 0.00000162. The van der Waals surface area contributed by atoms with E-state index in [1.807, 2.05) is 0 Å². The molecule has 3 heteroatoms. The van der Waals surface area contributed by atoms with E-state index in [2.05, 4.69) is 66.4 Å². The Morgan fingerprint density at radius 2 is 1.94 bits per heavy atom. The Hall–Kier alpha value is 0.1000. The minimum Gasteiger partial charge on any atom is -1.00 e. The molecule has 0 spiro atoms. The highest BCUT2D eigenvalue weighted by Crippen LogP contribution is 2.40. The molecule has 0 radical (unpaired) electrons. The molecule has 100 valence electrons. The van der Waals surface area contributed by atoms with Crippen LogP contribution in [0.5, 0.6) is 0 Å². The van der Waals surface area contributed by atoms with Crippen LogP contribution in [0.1, 0.15) is 46.1 Å². The fourth-order valence-electron chi connectivity index (χ4n) is 2.56. The van der Waals surface area contributed by atoms with Gasteiger partial charge >= 0.3 is 0 Å². The lowest BCUT2D eigenvalue weighted by molar-refractivity contribution is -0.439. The number of benzene rings is 1. The van der Waals surface area contributed by atoms with Crippen LogP contribution < -0.4 is 24.0 Å². The van der Waals surface area contributed by atoms with E-state index < -0.39 is 0 Å². The molecule has 0 saturated carbocycles. The van der Waals surface area contributed by atoms with E-state index in [0.717, 1.165) is 6.54 Å². The van der Waals surface area contributed by atoms with Crippen molar-refractivity contribution >= 4 is 27.3 Å². The van der Waals surface area contributed by atoms with Gasteiger partial charge in [-0.15, -0.1) is 0 Å². The average molecular weight is 422 g/mol.